The molecule has 3 N–H and O–H groups in total. The van der Waals surface area contributed by atoms with E-state index in [-0.39, 0.29) is 43.8 Å². The highest BCUT2D eigenvalue weighted by Crippen LogP contribution is 2.75. The fourth-order valence-corrected chi connectivity index (χ4v) is 14.2. The molecule has 0 aliphatic heterocycles. The average molecular weight is 745 g/mol. The number of fused-ring (bicyclic) bond motifs is 10. The number of amides is 1. The van der Waals surface area contributed by atoms with Crippen molar-refractivity contribution in [1.29, 1.82) is 0 Å². The van der Waals surface area contributed by atoms with Crippen LogP contribution in [-0.2, 0) is 26.7 Å². The minimum absolute atomic E-state index is 0.000459. The second kappa shape index (κ2) is 11.2. The molecule has 7 nitrogen and oxygen atoms in total. The summed E-state index contributed by atoms with van der Waals surface area (Å²) in [5.41, 5.74) is 4.13. The van der Waals surface area contributed by atoms with Gasteiger partial charge >= 0.3 is 5.97 Å². The number of benzene rings is 2. The normalized spacial score (nSPS) is 35.9. The quantitative estimate of drug-likeness (QED) is 0.230. The summed E-state index contributed by atoms with van der Waals surface area (Å²) in [5, 5.41) is 11.3. The zero-order chi connectivity index (χ0) is 37.4. The van der Waals surface area contributed by atoms with Gasteiger partial charge in [-0.1, -0.05) is 77.8 Å². The minimum Gasteiger partial charge on any atom is -0.478 e. The molecule has 3 aromatic rings. The van der Waals surface area contributed by atoms with Crippen molar-refractivity contribution in [3.63, 3.8) is 0 Å². The number of carboxylic acids is 1. The summed E-state index contributed by atoms with van der Waals surface area (Å²) in [7, 11) is -4.07. The molecule has 0 spiro atoms. The SMILES string of the molecule is CC1(C)CC[C@]2(C(=O)NS(=O)(=O)c3ccc(Cl)cc3)CC[C@]3(C)C(=CC[C@@H]4[C@@]5(C)Cc6c([nH]c7cc(C(=O)O)ccc67)C(C)(C)[C@@H]5CC[C@]43C)[C@@H]2C1. The zero-order valence-corrected chi connectivity index (χ0v) is 33.2. The summed E-state index contributed by atoms with van der Waals surface area (Å²) in [6.07, 6.45) is 10.5. The van der Waals surface area contributed by atoms with Crippen molar-refractivity contribution in [2.24, 2.45) is 44.8 Å². The summed E-state index contributed by atoms with van der Waals surface area (Å²) < 4.78 is 29.7. The van der Waals surface area contributed by atoms with Gasteiger partial charge in [0.25, 0.3) is 10.0 Å². The van der Waals surface area contributed by atoms with Crippen LogP contribution in [-0.4, -0.2) is 30.4 Å². The van der Waals surface area contributed by atoms with Crippen LogP contribution < -0.4 is 4.72 Å². The second-order valence-electron chi connectivity index (χ2n) is 19.2. The van der Waals surface area contributed by atoms with Gasteiger partial charge in [0.05, 0.1) is 15.9 Å². The fraction of sp³-hybridized carbons (Fsp3) is 0.581. The lowest BCUT2D eigenvalue weighted by atomic mass is 9.33. The third kappa shape index (κ3) is 4.84. The Labute approximate surface area is 313 Å². The van der Waals surface area contributed by atoms with Gasteiger partial charge < -0.3 is 10.1 Å². The van der Waals surface area contributed by atoms with Crippen LogP contribution in [0.15, 0.2) is 59.0 Å². The topological polar surface area (TPSA) is 116 Å². The molecule has 3 fully saturated rings. The Bertz CT molecular complexity index is 2170. The standard InChI is InChI=1S/C43H53ClN2O5S/c1-38(2)18-20-43(37(49)46-52(50,51)27-11-9-26(44)10-12-27)21-19-41(6)30(31(43)24-38)14-15-34-40(5)23-29-28-13-8-25(36(47)48)22-32(28)45-35(29)39(3,4)33(40)16-17-42(34,41)7/h8-14,22,31,33-34,45H,15-21,23-24H2,1-7H3,(H,46,49)(H,47,48)/t31-,33-,34+,40-,41+,42+,43-/m0/s1. The van der Waals surface area contributed by atoms with E-state index in [2.05, 4.69) is 64.2 Å². The lowest BCUT2D eigenvalue weighted by Crippen LogP contribution is -2.65. The Kier molecular flexibility index (Phi) is 7.75. The minimum atomic E-state index is -4.07. The smallest absolute Gasteiger partial charge is 0.335 e. The van der Waals surface area contributed by atoms with E-state index in [0.717, 1.165) is 55.8 Å². The lowest BCUT2D eigenvalue weighted by Gasteiger charge is -2.70. The number of carbonyl (C=O) groups is 2. The Morgan fingerprint density at radius 1 is 0.904 bits per heavy atom. The summed E-state index contributed by atoms with van der Waals surface area (Å²) in [6, 6.07) is 11.5. The van der Waals surface area contributed by atoms with E-state index in [1.54, 1.807) is 12.1 Å². The molecular formula is C43H53ClN2O5S. The predicted octanol–water partition coefficient (Wildman–Crippen LogP) is 9.84. The number of sulfonamides is 1. The molecule has 3 saturated carbocycles. The summed E-state index contributed by atoms with van der Waals surface area (Å²) in [6.45, 7) is 16.9. The highest BCUT2D eigenvalue weighted by molar-refractivity contribution is 7.90. The van der Waals surface area contributed by atoms with Crippen molar-refractivity contribution in [2.75, 3.05) is 0 Å². The molecule has 9 heteroatoms. The van der Waals surface area contributed by atoms with Gasteiger partial charge in [0, 0.05) is 27.0 Å². The van der Waals surface area contributed by atoms with Gasteiger partial charge in [-0.25, -0.2) is 17.9 Å². The first kappa shape index (κ1) is 35.9. The summed E-state index contributed by atoms with van der Waals surface area (Å²) in [4.78, 5) is 30.2. The average Bonchev–Trinajstić information content (AvgIpc) is 3.43. The largest absolute Gasteiger partial charge is 0.478 e. The van der Waals surface area contributed by atoms with Gasteiger partial charge in [-0.3, -0.25) is 4.79 Å². The first-order chi connectivity index (χ1) is 24.2. The maximum atomic E-state index is 14.6. The maximum absolute atomic E-state index is 14.6. The number of rotatable bonds is 4. The van der Waals surface area contributed by atoms with E-state index in [1.807, 2.05) is 6.07 Å². The summed E-state index contributed by atoms with van der Waals surface area (Å²) in [5.74, 6) is -0.463. The number of hydrogen-bond acceptors (Lipinski definition) is 4. The van der Waals surface area contributed by atoms with Gasteiger partial charge in [0.15, 0.2) is 0 Å². The Morgan fingerprint density at radius 3 is 2.29 bits per heavy atom. The van der Waals surface area contributed by atoms with E-state index < -0.39 is 21.4 Å². The van der Waals surface area contributed by atoms with Crippen molar-refractivity contribution < 1.29 is 23.1 Å². The molecule has 52 heavy (non-hydrogen) atoms. The molecule has 5 aliphatic rings. The van der Waals surface area contributed by atoms with Gasteiger partial charge in [-0.15, -0.1) is 0 Å². The van der Waals surface area contributed by atoms with Gasteiger partial charge in [-0.2, -0.15) is 0 Å². The highest BCUT2D eigenvalue weighted by atomic mass is 35.5. The zero-order valence-electron chi connectivity index (χ0n) is 31.6. The van der Waals surface area contributed by atoms with Crippen molar-refractivity contribution in [3.05, 3.63) is 76.0 Å². The van der Waals surface area contributed by atoms with Crippen molar-refractivity contribution in [3.8, 4) is 0 Å². The number of aromatic nitrogens is 1. The summed E-state index contributed by atoms with van der Waals surface area (Å²) >= 11 is 6.05. The van der Waals surface area contributed by atoms with Gasteiger partial charge in [0.1, 0.15) is 0 Å². The monoisotopic (exact) mass is 744 g/mol. The van der Waals surface area contributed by atoms with E-state index >= 15 is 0 Å². The lowest BCUT2D eigenvalue weighted by molar-refractivity contribution is -0.166. The molecular weight excluding hydrogens is 692 g/mol. The number of nitrogens with one attached hydrogen (secondary N) is 2. The van der Waals surface area contributed by atoms with Crippen LogP contribution in [0.4, 0.5) is 0 Å². The molecule has 7 atom stereocenters. The first-order valence-corrected chi connectivity index (χ1v) is 21.0. The molecule has 1 heterocycles. The number of aromatic carboxylic acids is 1. The molecule has 0 unspecified atom stereocenters. The molecule has 8 rings (SSSR count). The van der Waals surface area contributed by atoms with Crippen LogP contribution in [0.1, 0.15) is 121 Å². The Morgan fingerprint density at radius 2 is 1.60 bits per heavy atom. The number of allylic oxidation sites excluding steroid dienone is 2. The van der Waals surface area contributed by atoms with Crippen molar-refractivity contribution in [1.82, 2.24) is 9.71 Å². The highest BCUT2D eigenvalue weighted by Gasteiger charge is 2.69. The molecule has 0 radical (unpaired) electrons. The molecule has 0 bridgehead atoms. The van der Waals surface area contributed by atoms with Crippen molar-refractivity contribution in [2.45, 2.75) is 117 Å². The number of hydrogen-bond donors (Lipinski definition) is 3. The van der Waals surface area contributed by atoms with Crippen LogP contribution in [0, 0.1) is 44.8 Å². The van der Waals surface area contributed by atoms with Crippen LogP contribution in [0.5, 0.6) is 0 Å². The van der Waals surface area contributed by atoms with Crippen LogP contribution in [0.3, 0.4) is 0 Å². The van der Waals surface area contributed by atoms with Crippen LogP contribution >= 0.6 is 11.6 Å². The first-order valence-electron chi connectivity index (χ1n) is 19.1. The number of carboxylic acid groups (broad SMARTS) is 1. The van der Waals surface area contributed by atoms with Gasteiger partial charge in [-0.05, 0) is 139 Å². The fourth-order valence-electron chi connectivity index (χ4n) is 13.0. The molecule has 5 aliphatic carbocycles. The molecule has 0 saturated heterocycles. The molecule has 1 aromatic heterocycles. The van der Waals surface area contributed by atoms with E-state index in [4.69, 9.17) is 11.6 Å². The maximum Gasteiger partial charge on any atom is 0.335 e. The van der Waals surface area contributed by atoms with Crippen molar-refractivity contribution >= 4 is 44.4 Å². The second-order valence-corrected chi connectivity index (χ2v) is 21.3. The number of H-pyrrole nitrogens is 1. The van der Waals surface area contributed by atoms with Crippen LogP contribution in [0.25, 0.3) is 10.9 Å². The van der Waals surface area contributed by atoms with Gasteiger partial charge in [0.2, 0.25) is 5.91 Å². The number of halogens is 1. The molecule has 278 valence electrons. The van der Waals surface area contributed by atoms with E-state index in [9.17, 15) is 23.1 Å². The Hall–Kier alpha value is -3.10. The third-order valence-corrected chi connectivity index (χ3v) is 17.5. The predicted molar refractivity (Wildman–Crippen MR) is 205 cm³/mol. The Balaban J connectivity index is 1.19. The third-order valence-electron chi connectivity index (χ3n) is 15.9. The van der Waals surface area contributed by atoms with E-state index in [1.165, 1.54) is 41.1 Å². The van der Waals surface area contributed by atoms with E-state index in [0.29, 0.717) is 35.3 Å². The molecule has 2 aromatic carbocycles. The molecule has 1 amide bonds. The number of carbonyl (C=O) groups excluding carboxylic acids is 1. The number of aromatic amines is 1. The van der Waals surface area contributed by atoms with Crippen LogP contribution in [0.2, 0.25) is 5.02 Å².